The average molecular weight is 375 g/mol. The van der Waals surface area contributed by atoms with Crippen LogP contribution in [0.2, 0.25) is 0 Å². The van der Waals surface area contributed by atoms with Crippen LogP contribution in [0.15, 0.2) is 35.1 Å². The third-order valence-corrected chi connectivity index (χ3v) is 5.89. The van der Waals surface area contributed by atoms with Gasteiger partial charge < -0.3 is 4.90 Å². The summed E-state index contributed by atoms with van der Waals surface area (Å²) in [5.74, 6) is 2.83. The molecule has 1 aliphatic heterocycles. The Balaban J connectivity index is 1.85. The van der Waals surface area contributed by atoms with Crippen molar-refractivity contribution in [2.24, 2.45) is 0 Å². The molecule has 0 atom stereocenters. The van der Waals surface area contributed by atoms with E-state index in [1.54, 1.807) is 0 Å². The second kappa shape index (κ2) is 8.58. The highest BCUT2D eigenvalue weighted by Gasteiger charge is 2.24. The van der Waals surface area contributed by atoms with Gasteiger partial charge in [-0.05, 0) is 42.9 Å². The van der Waals surface area contributed by atoms with Crippen molar-refractivity contribution in [1.29, 1.82) is 0 Å². The molecule has 0 bridgehead atoms. The van der Waals surface area contributed by atoms with Gasteiger partial charge in [0.05, 0.1) is 5.69 Å². The van der Waals surface area contributed by atoms with E-state index in [0.717, 1.165) is 36.5 Å². The van der Waals surface area contributed by atoms with Crippen molar-refractivity contribution in [1.82, 2.24) is 19.2 Å². The Bertz CT molecular complexity index is 794. The van der Waals surface area contributed by atoms with Crippen LogP contribution in [0.3, 0.4) is 0 Å². The fraction of sp³-hybridized carbons (Fsp3) is 0.526. The lowest BCUT2D eigenvalue weighted by Gasteiger charge is -2.31. The molecular formula is C19H26N4O2S. The molecule has 0 saturated carbocycles. The van der Waals surface area contributed by atoms with Gasteiger partial charge in [-0.3, -0.25) is 9.36 Å². The largest absolute Gasteiger partial charge is 0.351 e. The summed E-state index contributed by atoms with van der Waals surface area (Å²) in [4.78, 5) is 27.5. The van der Waals surface area contributed by atoms with Crippen molar-refractivity contribution >= 4 is 17.7 Å². The normalized spacial score (nSPS) is 15.2. The van der Waals surface area contributed by atoms with E-state index in [2.05, 4.69) is 5.10 Å². The lowest BCUT2D eigenvalue weighted by atomic mass is 10.1. The van der Waals surface area contributed by atoms with E-state index in [9.17, 15) is 9.59 Å². The van der Waals surface area contributed by atoms with Crippen LogP contribution in [0.5, 0.6) is 0 Å². The van der Waals surface area contributed by atoms with Gasteiger partial charge in [-0.1, -0.05) is 25.1 Å². The minimum Gasteiger partial charge on any atom is -0.341 e. The zero-order valence-corrected chi connectivity index (χ0v) is 16.2. The minimum atomic E-state index is -0.249. The molecule has 0 aliphatic carbocycles. The highest BCUT2D eigenvalue weighted by atomic mass is 32.2. The summed E-state index contributed by atoms with van der Waals surface area (Å²) in [7, 11) is 1.86. The van der Waals surface area contributed by atoms with Crippen molar-refractivity contribution < 1.29 is 4.79 Å². The van der Waals surface area contributed by atoms with Crippen molar-refractivity contribution in [3.63, 3.8) is 0 Å². The highest BCUT2D eigenvalue weighted by Crippen LogP contribution is 2.21. The molecule has 7 heteroatoms. The molecule has 140 valence electrons. The number of amides is 1. The van der Waals surface area contributed by atoms with Gasteiger partial charge in [0, 0.05) is 19.5 Å². The van der Waals surface area contributed by atoms with Crippen LogP contribution in [0.4, 0.5) is 0 Å². The summed E-state index contributed by atoms with van der Waals surface area (Å²) in [6.07, 6.45) is 3.58. The lowest BCUT2D eigenvalue weighted by Crippen LogP contribution is -2.42. The van der Waals surface area contributed by atoms with E-state index in [1.807, 2.05) is 61.0 Å². The second-order valence-electron chi connectivity index (χ2n) is 6.63. The number of thioether (sulfide) groups is 1. The molecule has 26 heavy (non-hydrogen) atoms. The third-order valence-electron chi connectivity index (χ3n) is 4.84. The predicted molar refractivity (Wildman–Crippen MR) is 105 cm³/mol. The molecular weight excluding hydrogens is 348 g/mol. The van der Waals surface area contributed by atoms with Gasteiger partial charge >= 0.3 is 5.69 Å². The van der Waals surface area contributed by atoms with Crippen LogP contribution in [-0.4, -0.2) is 49.7 Å². The van der Waals surface area contributed by atoms with Crippen LogP contribution < -0.4 is 5.69 Å². The van der Waals surface area contributed by atoms with E-state index in [4.69, 9.17) is 0 Å². The molecule has 1 aromatic carbocycles. The number of rotatable bonds is 6. The molecule has 2 aromatic rings. The summed E-state index contributed by atoms with van der Waals surface area (Å²) in [6.45, 7) is 2.10. The molecule has 0 radical (unpaired) electrons. The highest BCUT2D eigenvalue weighted by molar-refractivity contribution is 7.99. The Morgan fingerprint density at radius 1 is 1.27 bits per heavy atom. The second-order valence-corrected chi connectivity index (χ2v) is 7.86. The maximum Gasteiger partial charge on any atom is 0.351 e. The first-order valence-corrected chi connectivity index (χ1v) is 10.3. The fourth-order valence-electron chi connectivity index (χ4n) is 3.26. The summed E-state index contributed by atoms with van der Waals surface area (Å²) < 4.78 is 2.93. The van der Waals surface area contributed by atoms with E-state index < -0.39 is 0 Å². The number of carbonyl (C=O) groups excluding carboxylic acids is 1. The molecule has 6 nitrogen and oxygen atoms in total. The van der Waals surface area contributed by atoms with E-state index in [-0.39, 0.29) is 24.2 Å². The zero-order chi connectivity index (χ0) is 18.5. The van der Waals surface area contributed by atoms with Gasteiger partial charge in [0.25, 0.3) is 0 Å². The van der Waals surface area contributed by atoms with Gasteiger partial charge in [0.15, 0.2) is 0 Å². The number of carbonyl (C=O) groups is 1. The molecule has 0 N–H and O–H groups in total. The van der Waals surface area contributed by atoms with E-state index >= 15 is 0 Å². The summed E-state index contributed by atoms with van der Waals surface area (Å²) in [5.41, 5.74) is 0.472. The van der Waals surface area contributed by atoms with E-state index in [0.29, 0.717) is 12.2 Å². The van der Waals surface area contributed by atoms with Crippen LogP contribution in [0, 0.1) is 0 Å². The van der Waals surface area contributed by atoms with Crippen LogP contribution in [-0.2, 0) is 17.8 Å². The quantitative estimate of drug-likeness (QED) is 0.779. The van der Waals surface area contributed by atoms with Gasteiger partial charge in [0.2, 0.25) is 5.91 Å². The standard InChI is InChI=1S/C19H26N4O2S/c1-3-7-17-20-23(16-8-5-4-6-9-16)19(25)22(17)14-18(24)21(2)15-10-12-26-13-11-15/h4-6,8-9,15H,3,7,10-14H2,1-2H3. The number of hydrogen-bond donors (Lipinski definition) is 0. The first-order valence-electron chi connectivity index (χ1n) is 9.19. The summed E-state index contributed by atoms with van der Waals surface area (Å²) in [6, 6.07) is 9.63. The third kappa shape index (κ3) is 4.03. The molecule has 1 aliphatic rings. The number of benzene rings is 1. The average Bonchev–Trinajstić information content (AvgIpc) is 2.98. The molecule has 1 aromatic heterocycles. The van der Waals surface area contributed by atoms with Gasteiger partial charge in [0.1, 0.15) is 12.4 Å². The molecule has 1 amide bonds. The molecule has 2 heterocycles. The first kappa shape index (κ1) is 18.8. The molecule has 0 unspecified atom stereocenters. The van der Waals surface area contributed by atoms with Crippen molar-refractivity contribution in [2.45, 2.75) is 45.2 Å². The first-order chi connectivity index (χ1) is 12.6. The Labute approximate surface area is 158 Å². The number of hydrogen-bond acceptors (Lipinski definition) is 4. The molecule has 1 fully saturated rings. The Morgan fingerprint density at radius 2 is 1.96 bits per heavy atom. The number of aromatic nitrogens is 3. The van der Waals surface area contributed by atoms with Crippen molar-refractivity contribution in [3.8, 4) is 5.69 Å². The predicted octanol–water partition coefficient (Wildman–Crippen LogP) is 2.34. The number of nitrogens with zero attached hydrogens (tertiary/aromatic N) is 4. The van der Waals surface area contributed by atoms with Crippen molar-refractivity contribution in [3.05, 3.63) is 46.6 Å². The topological polar surface area (TPSA) is 60.1 Å². The Kier molecular flexibility index (Phi) is 6.19. The van der Waals surface area contributed by atoms with Crippen LogP contribution >= 0.6 is 11.8 Å². The molecule has 3 rings (SSSR count). The van der Waals surface area contributed by atoms with Crippen molar-refractivity contribution in [2.75, 3.05) is 18.6 Å². The molecule has 1 saturated heterocycles. The van der Waals surface area contributed by atoms with Gasteiger partial charge in [-0.2, -0.15) is 16.4 Å². The van der Waals surface area contributed by atoms with E-state index in [1.165, 1.54) is 9.25 Å². The fourth-order valence-corrected chi connectivity index (χ4v) is 4.35. The number of aryl methyl sites for hydroxylation is 1. The van der Waals surface area contributed by atoms with Crippen LogP contribution in [0.25, 0.3) is 5.69 Å². The number of likely N-dealkylation sites (N-methyl/N-ethyl adjacent to an activating group) is 1. The Hall–Kier alpha value is -2.02. The monoisotopic (exact) mass is 374 g/mol. The summed E-state index contributed by atoms with van der Waals surface area (Å²) >= 11 is 1.94. The maximum absolute atomic E-state index is 12.9. The SMILES string of the molecule is CCCc1nn(-c2ccccc2)c(=O)n1CC(=O)N(C)C1CCSCC1. The lowest BCUT2D eigenvalue weighted by molar-refractivity contribution is -0.132. The Morgan fingerprint density at radius 3 is 2.62 bits per heavy atom. The summed E-state index contributed by atoms with van der Waals surface area (Å²) in [5, 5.41) is 4.49. The smallest absolute Gasteiger partial charge is 0.341 e. The molecule has 0 spiro atoms. The minimum absolute atomic E-state index is 0.0195. The van der Waals surface area contributed by atoms with Gasteiger partial charge in [-0.15, -0.1) is 5.10 Å². The van der Waals surface area contributed by atoms with Gasteiger partial charge in [-0.25, -0.2) is 4.79 Å². The zero-order valence-electron chi connectivity index (χ0n) is 15.4. The maximum atomic E-state index is 12.9. The van der Waals surface area contributed by atoms with Crippen LogP contribution in [0.1, 0.15) is 32.0 Å². The number of para-hydroxylation sites is 1.